The summed E-state index contributed by atoms with van der Waals surface area (Å²) >= 11 is 5.68. The normalized spacial score (nSPS) is 10.2. The summed E-state index contributed by atoms with van der Waals surface area (Å²) in [6, 6.07) is 6.12. The number of rotatable bonds is 6. The Hall–Kier alpha value is -0.990. The average molecular weight is 240 g/mol. The van der Waals surface area contributed by atoms with Crippen LogP contribution in [0.3, 0.4) is 0 Å². The van der Waals surface area contributed by atoms with Crippen LogP contribution >= 0.6 is 11.6 Å². The summed E-state index contributed by atoms with van der Waals surface area (Å²) in [4.78, 5) is 0. The number of ether oxygens (including phenoxy) is 1. The molecule has 0 aromatic heterocycles. The second kappa shape index (κ2) is 6.56. The van der Waals surface area contributed by atoms with Crippen LogP contribution < -0.4 is 10.1 Å². The largest absolute Gasteiger partial charge is 0.488 e. The zero-order valence-corrected chi connectivity index (χ0v) is 10.6. The third-order valence-electron chi connectivity index (χ3n) is 2.17. The minimum absolute atomic E-state index is 0.351. The summed E-state index contributed by atoms with van der Waals surface area (Å²) in [6.45, 7) is 9.85. The lowest BCUT2D eigenvalue weighted by atomic mass is 10.1. The molecule has 0 unspecified atom stereocenters. The Morgan fingerprint density at radius 3 is 2.88 bits per heavy atom. The van der Waals surface area contributed by atoms with Crippen molar-refractivity contribution in [1.29, 1.82) is 0 Å². The molecule has 0 fully saturated rings. The van der Waals surface area contributed by atoms with Crippen molar-refractivity contribution >= 4 is 11.6 Å². The van der Waals surface area contributed by atoms with E-state index in [-0.39, 0.29) is 0 Å². The van der Waals surface area contributed by atoms with Gasteiger partial charge >= 0.3 is 0 Å². The van der Waals surface area contributed by atoms with Crippen molar-refractivity contribution in [3.8, 4) is 5.75 Å². The Kier molecular flexibility index (Phi) is 5.36. The van der Waals surface area contributed by atoms with Crippen molar-refractivity contribution in [2.75, 3.05) is 13.2 Å². The summed E-state index contributed by atoms with van der Waals surface area (Å²) in [5, 5.41) is 3.79. The molecule has 3 heteroatoms. The van der Waals surface area contributed by atoms with E-state index in [1.54, 1.807) is 0 Å². The highest BCUT2D eigenvalue weighted by atomic mass is 35.5. The second-order valence-electron chi connectivity index (χ2n) is 3.70. The van der Waals surface area contributed by atoms with Crippen molar-refractivity contribution in [2.24, 2.45) is 0 Å². The summed E-state index contributed by atoms with van der Waals surface area (Å²) in [6.07, 6.45) is 0. The maximum absolute atomic E-state index is 5.68. The van der Waals surface area contributed by atoms with Crippen LogP contribution in [0.4, 0.5) is 0 Å². The molecule has 1 aromatic carbocycles. The molecule has 1 N–H and O–H groups in total. The van der Waals surface area contributed by atoms with Gasteiger partial charge in [-0.1, -0.05) is 42.8 Å². The summed E-state index contributed by atoms with van der Waals surface area (Å²) in [7, 11) is 0. The Morgan fingerprint density at radius 1 is 1.50 bits per heavy atom. The quantitative estimate of drug-likeness (QED) is 0.823. The molecule has 2 nitrogen and oxygen atoms in total. The van der Waals surface area contributed by atoms with E-state index in [2.05, 4.69) is 31.8 Å². The van der Waals surface area contributed by atoms with Gasteiger partial charge in [0.25, 0.3) is 0 Å². The number of aryl methyl sites for hydroxylation is 1. The smallest absolute Gasteiger partial charge is 0.124 e. The van der Waals surface area contributed by atoms with E-state index in [0.717, 1.165) is 24.4 Å². The number of benzene rings is 1. The van der Waals surface area contributed by atoms with Gasteiger partial charge in [0.05, 0.1) is 0 Å². The van der Waals surface area contributed by atoms with Gasteiger partial charge in [-0.2, -0.15) is 0 Å². The van der Waals surface area contributed by atoms with Crippen LogP contribution in [0, 0.1) is 6.92 Å². The molecule has 1 rings (SSSR count). The van der Waals surface area contributed by atoms with E-state index in [1.807, 2.05) is 12.1 Å². The number of hydrogen-bond acceptors (Lipinski definition) is 2. The van der Waals surface area contributed by atoms with Gasteiger partial charge in [-0.3, -0.25) is 0 Å². The first-order valence-corrected chi connectivity index (χ1v) is 5.77. The highest BCUT2D eigenvalue weighted by molar-refractivity contribution is 6.29. The molecule has 0 amide bonds. The van der Waals surface area contributed by atoms with Gasteiger partial charge in [0.2, 0.25) is 0 Å². The van der Waals surface area contributed by atoms with E-state index >= 15 is 0 Å². The number of hydrogen-bond donors (Lipinski definition) is 1. The fourth-order valence-electron chi connectivity index (χ4n) is 1.40. The maximum Gasteiger partial charge on any atom is 0.124 e. The molecule has 16 heavy (non-hydrogen) atoms. The van der Waals surface area contributed by atoms with Crippen LogP contribution in [0.15, 0.2) is 29.8 Å². The fraction of sp³-hybridized carbons (Fsp3) is 0.385. The average Bonchev–Trinajstić information content (AvgIpc) is 2.24. The molecule has 0 radical (unpaired) electrons. The first kappa shape index (κ1) is 13.1. The number of nitrogens with one attached hydrogen (secondary N) is 1. The lowest BCUT2D eigenvalue weighted by Gasteiger charge is -2.12. The maximum atomic E-state index is 5.68. The van der Waals surface area contributed by atoms with Gasteiger partial charge in [-0.05, 0) is 19.5 Å². The van der Waals surface area contributed by atoms with Crippen molar-refractivity contribution in [2.45, 2.75) is 20.4 Å². The Morgan fingerprint density at radius 2 is 2.25 bits per heavy atom. The Labute approximate surface area is 102 Å². The molecule has 0 heterocycles. The zero-order chi connectivity index (χ0) is 12.0. The predicted molar refractivity (Wildman–Crippen MR) is 69.0 cm³/mol. The minimum Gasteiger partial charge on any atom is -0.488 e. The topological polar surface area (TPSA) is 21.3 Å². The van der Waals surface area contributed by atoms with Crippen LogP contribution in [0.1, 0.15) is 18.1 Å². The van der Waals surface area contributed by atoms with E-state index < -0.39 is 0 Å². The Balaban J connectivity index is 2.76. The van der Waals surface area contributed by atoms with Gasteiger partial charge in [-0.15, -0.1) is 0 Å². The van der Waals surface area contributed by atoms with E-state index in [9.17, 15) is 0 Å². The van der Waals surface area contributed by atoms with Crippen LogP contribution in [0.2, 0.25) is 0 Å². The lowest BCUT2D eigenvalue weighted by molar-refractivity contribution is 0.354. The van der Waals surface area contributed by atoms with Crippen molar-refractivity contribution < 1.29 is 4.74 Å². The monoisotopic (exact) mass is 239 g/mol. The van der Waals surface area contributed by atoms with Crippen LogP contribution in [0.25, 0.3) is 0 Å². The molecule has 0 aliphatic carbocycles. The third kappa shape index (κ3) is 4.25. The highest BCUT2D eigenvalue weighted by Gasteiger charge is 2.04. The summed E-state index contributed by atoms with van der Waals surface area (Å²) in [5.74, 6) is 0.869. The van der Waals surface area contributed by atoms with Gasteiger partial charge in [-0.25, -0.2) is 0 Å². The minimum atomic E-state index is 0.351. The molecule has 0 atom stereocenters. The van der Waals surface area contributed by atoms with Crippen molar-refractivity contribution in [1.82, 2.24) is 5.32 Å². The summed E-state index contributed by atoms with van der Waals surface area (Å²) in [5.41, 5.74) is 2.38. The van der Waals surface area contributed by atoms with Gasteiger partial charge in [0.1, 0.15) is 12.4 Å². The highest BCUT2D eigenvalue weighted by Crippen LogP contribution is 2.20. The Bertz CT molecular complexity index is 363. The second-order valence-corrected chi connectivity index (χ2v) is 4.23. The molecule has 0 aliphatic heterocycles. The van der Waals surface area contributed by atoms with Crippen LogP contribution in [-0.2, 0) is 6.54 Å². The molecule has 1 aromatic rings. The first-order valence-electron chi connectivity index (χ1n) is 5.39. The zero-order valence-electron chi connectivity index (χ0n) is 9.85. The van der Waals surface area contributed by atoms with Crippen LogP contribution in [0.5, 0.6) is 5.75 Å². The molecular weight excluding hydrogens is 222 g/mol. The lowest BCUT2D eigenvalue weighted by Crippen LogP contribution is -2.13. The van der Waals surface area contributed by atoms with E-state index in [1.165, 1.54) is 5.56 Å². The molecule has 0 saturated carbocycles. The van der Waals surface area contributed by atoms with Gasteiger partial charge < -0.3 is 10.1 Å². The molecule has 0 spiro atoms. The molecule has 0 saturated heterocycles. The molecule has 0 aliphatic rings. The summed E-state index contributed by atoms with van der Waals surface area (Å²) < 4.78 is 5.58. The molecule has 0 bridgehead atoms. The molecule has 88 valence electrons. The van der Waals surface area contributed by atoms with E-state index in [4.69, 9.17) is 16.3 Å². The first-order chi connectivity index (χ1) is 7.63. The predicted octanol–water partition coefficient (Wildman–Crippen LogP) is 3.24. The van der Waals surface area contributed by atoms with Gasteiger partial charge in [0, 0.05) is 17.1 Å². The molecular formula is C13H18ClNO. The van der Waals surface area contributed by atoms with Gasteiger partial charge in [0.15, 0.2) is 0 Å². The standard InChI is InChI=1S/C13H18ClNO/c1-4-15-8-12-7-10(2)5-6-13(12)16-9-11(3)14/h5-7,15H,3-4,8-9H2,1-2H3. The van der Waals surface area contributed by atoms with Crippen molar-refractivity contribution in [3.63, 3.8) is 0 Å². The van der Waals surface area contributed by atoms with E-state index in [0.29, 0.717) is 11.6 Å². The third-order valence-corrected chi connectivity index (χ3v) is 2.27. The van der Waals surface area contributed by atoms with Crippen LogP contribution in [-0.4, -0.2) is 13.2 Å². The fourth-order valence-corrected chi connectivity index (χ4v) is 1.46. The SMILES string of the molecule is C=C(Cl)COc1ccc(C)cc1CNCC. The van der Waals surface area contributed by atoms with Crippen molar-refractivity contribution in [3.05, 3.63) is 40.9 Å². The number of halogens is 1.